The van der Waals surface area contributed by atoms with E-state index in [2.05, 4.69) is 5.32 Å². The van der Waals surface area contributed by atoms with Crippen LogP contribution in [0, 0.1) is 0 Å². The van der Waals surface area contributed by atoms with Gasteiger partial charge in [0.1, 0.15) is 12.4 Å². The molecule has 7 heteroatoms. The second-order valence-electron chi connectivity index (χ2n) is 4.75. The van der Waals surface area contributed by atoms with Crippen LogP contribution in [0.2, 0.25) is 0 Å². The number of alkyl carbamates (subject to hydrolysis) is 1. The van der Waals surface area contributed by atoms with E-state index in [0.717, 1.165) is 5.56 Å². The van der Waals surface area contributed by atoms with Crippen LogP contribution in [-0.4, -0.2) is 25.8 Å². The third kappa shape index (κ3) is 6.76. The van der Waals surface area contributed by atoms with E-state index in [-0.39, 0.29) is 6.61 Å². The Labute approximate surface area is 112 Å². The molecule has 5 nitrogen and oxygen atoms in total. The van der Waals surface area contributed by atoms with Gasteiger partial charge in [-0.3, -0.25) is 0 Å². The summed E-state index contributed by atoms with van der Waals surface area (Å²) >= 11 is 0. The Morgan fingerprint density at radius 2 is 1.89 bits per heavy atom. The molecule has 106 valence electrons. The van der Waals surface area contributed by atoms with Crippen molar-refractivity contribution in [1.82, 2.24) is 5.32 Å². The molecule has 1 rings (SSSR count). The van der Waals surface area contributed by atoms with Gasteiger partial charge in [-0.2, -0.15) is 8.42 Å². The standard InChI is InChI=1S/C12H16FNO4S/c1-12(2,9-19(13,16)17)14-11(15)18-8-10-6-4-3-5-7-10/h3-7H,8-9H2,1-2H3,(H,14,15). The van der Waals surface area contributed by atoms with Gasteiger partial charge in [0.25, 0.3) is 0 Å². The molecule has 0 aromatic heterocycles. The molecule has 0 aliphatic carbocycles. The molecular weight excluding hydrogens is 273 g/mol. The molecule has 0 bridgehead atoms. The molecular formula is C12H16FNO4S. The molecule has 0 spiro atoms. The molecule has 0 atom stereocenters. The van der Waals surface area contributed by atoms with Crippen LogP contribution in [0.15, 0.2) is 30.3 Å². The average Bonchev–Trinajstić information content (AvgIpc) is 2.23. The summed E-state index contributed by atoms with van der Waals surface area (Å²) in [7, 11) is -4.66. The van der Waals surface area contributed by atoms with Gasteiger partial charge >= 0.3 is 16.3 Å². The van der Waals surface area contributed by atoms with Gasteiger partial charge in [0.15, 0.2) is 0 Å². The van der Waals surface area contributed by atoms with Gasteiger partial charge < -0.3 is 10.1 Å². The Balaban J connectivity index is 2.47. The van der Waals surface area contributed by atoms with E-state index in [1.165, 1.54) is 13.8 Å². The van der Waals surface area contributed by atoms with Crippen molar-refractivity contribution in [3.8, 4) is 0 Å². The average molecular weight is 289 g/mol. The number of rotatable bonds is 5. The number of hydrogen-bond acceptors (Lipinski definition) is 4. The largest absolute Gasteiger partial charge is 0.445 e. The summed E-state index contributed by atoms with van der Waals surface area (Å²) in [6.45, 7) is 2.85. The Morgan fingerprint density at radius 1 is 1.32 bits per heavy atom. The maximum Gasteiger partial charge on any atom is 0.407 e. The van der Waals surface area contributed by atoms with Crippen molar-refractivity contribution in [3.05, 3.63) is 35.9 Å². The Kier molecular flexibility index (Phi) is 4.88. The van der Waals surface area contributed by atoms with Gasteiger partial charge in [-0.25, -0.2) is 4.79 Å². The highest BCUT2D eigenvalue weighted by molar-refractivity contribution is 7.86. The SMILES string of the molecule is CC(C)(CS(=O)(=O)F)NC(=O)OCc1ccccc1. The lowest BCUT2D eigenvalue weighted by Gasteiger charge is -2.23. The molecule has 0 aliphatic rings. The van der Waals surface area contributed by atoms with E-state index >= 15 is 0 Å². The molecule has 1 aromatic rings. The van der Waals surface area contributed by atoms with Crippen LogP contribution in [0.25, 0.3) is 0 Å². The first-order valence-corrected chi connectivity index (χ1v) is 7.14. The van der Waals surface area contributed by atoms with Gasteiger partial charge in [-0.15, -0.1) is 3.89 Å². The molecule has 1 N–H and O–H groups in total. The fraction of sp³-hybridized carbons (Fsp3) is 0.417. The molecule has 0 saturated heterocycles. The summed E-state index contributed by atoms with van der Waals surface area (Å²) in [6, 6.07) is 9.00. The number of halogens is 1. The van der Waals surface area contributed by atoms with E-state index in [1.54, 1.807) is 24.3 Å². The second-order valence-corrected chi connectivity index (χ2v) is 6.12. The lowest BCUT2D eigenvalue weighted by Crippen LogP contribution is -2.47. The zero-order valence-corrected chi connectivity index (χ0v) is 11.5. The van der Waals surface area contributed by atoms with Crippen molar-refractivity contribution in [3.63, 3.8) is 0 Å². The quantitative estimate of drug-likeness (QED) is 0.841. The zero-order valence-electron chi connectivity index (χ0n) is 10.7. The van der Waals surface area contributed by atoms with Gasteiger partial charge in [-0.05, 0) is 19.4 Å². The number of carbonyl (C=O) groups excluding carboxylic acids is 1. The molecule has 1 amide bonds. The third-order valence-electron chi connectivity index (χ3n) is 2.19. The lowest BCUT2D eigenvalue weighted by molar-refractivity contribution is 0.131. The van der Waals surface area contributed by atoms with Gasteiger partial charge in [0.05, 0.1) is 5.54 Å². The van der Waals surface area contributed by atoms with E-state index in [0.29, 0.717) is 0 Å². The van der Waals surface area contributed by atoms with E-state index in [1.807, 2.05) is 6.07 Å². The predicted molar refractivity (Wildman–Crippen MR) is 68.7 cm³/mol. The van der Waals surface area contributed by atoms with Crippen molar-refractivity contribution in [2.24, 2.45) is 0 Å². The highest BCUT2D eigenvalue weighted by atomic mass is 32.3. The van der Waals surface area contributed by atoms with Gasteiger partial charge in [-0.1, -0.05) is 30.3 Å². The fourth-order valence-corrected chi connectivity index (χ4v) is 2.44. The summed E-state index contributed by atoms with van der Waals surface area (Å²) in [5.41, 5.74) is -0.435. The minimum atomic E-state index is -4.66. The first kappa shape index (κ1) is 15.4. The number of hydrogen-bond donors (Lipinski definition) is 1. The van der Waals surface area contributed by atoms with Crippen LogP contribution in [-0.2, 0) is 21.6 Å². The van der Waals surface area contributed by atoms with Gasteiger partial charge in [0.2, 0.25) is 0 Å². The first-order chi connectivity index (χ1) is 8.68. The normalized spacial score (nSPS) is 11.9. The first-order valence-electron chi connectivity index (χ1n) is 5.59. The number of ether oxygens (including phenoxy) is 1. The molecule has 0 radical (unpaired) electrons. The van der Waals surface area contributed by atoms with Crippen molar-refractivity contribution in [1.29, 1.82) is 0 Å². The Hall–Kier alpha value is -1.63. The molecule has 0 fully saturated rings. The fourth-order valence-electron chi connectivity index (χ4n) is 1.50. The van der Waals surface area contributed by atoms with Gasteiger partial charge in [0, 0.05) is 0 Å². The van der Waals surface area contributed by atoms with E-state index < -0.39 is 27.6 Å². The second kappa shape index (κ2) is 6.01. The highest BCUT2D eigenvalue weighted by Crippen LogP contribution is 2.09. The van der Waals surface area contributed by atoms with Crippen LogP contribution in [0.1, 0.15) is 19.4 Å². The van der Waals surface area contributed by atoms with Crippen LogP contribution < -0.4 is 5.32 Å². The number of benzene rings is 1. The zero-order chi connectivity index (χ0) is 14.5. The molecule has 1 aromatic carbocycles. The molecule has 0 aliphatic heterocycles. The van der Waals surface area contributed by atoms with Crippen molar-refractivity contribution in [2.45, 2.75) is 26.0 Å². The Morgan fingerprint density at radius 3 is 2.42 bits per heavy atom. The van der Waals surface area contributed by atoms with Crippen LogP contribution in [0.4, 0.5) is 8.68 Å². The monoisotopic (exact) mass is 289 g/mol. The topological polar surface area (TPSA) is 72.5 Å². The van der Waals surface area contributed by atoms with Crippen molar-refractivity contribution >= 4 is 16.3 Å². The smallest absolute Gasteiger partial charge is 0.407 e. The third-order valence-corrected chi connectivity index (χ3v) is 3.25. The maximum absolute atomic E-state index is 12.6. The number of carbonyl (C=O) groups is 1. The number of nitrogens with one attached hydrogen (secondary N) is 1. The molecule has 19 heavy (non-hydrogen) atoms. The summed E-state index contributed by atoms with van der Waals surface area (Å²) in [5, 5.41) is 2.30. The van der Waals surface area contributed by atoms with Crippen molar-refractivity contribution in [2.75, 3.05) is 5.75 Å². The summed E-state index contributed by atoms with van der Waals surface area (Å²) in [6.07, 6.45) is -0.794. The van der Waals surface area contributed by atoms with Crippen LogP contribution in [0.5, 0.6) is 0 Å². The molecule has 0 heterocycles. The maximum atomic E-state index is 12.6. The summed E-state index contributed by atoms with van der Waals surface area (Å²) in [4.78, 5) is 11.5. The van der Waals surface area contributed by atoms with E-state index in [9.17, 15) is 17.1 Å². The van der Waals surface area contributed by atoms with E-state index in [4.69, 9.17) is 4.74 Å². The summed E-state index contributed by atoms with van der Waals surface area (Å²) < 4.78 is 38.6. The Bertz CT molecular complexity index is 528. The van der Waals surface area contributed by atoms with Crippen molar-refractivity contribution < 1.29 is 21.8 Å². The molecule has 0 saturated carbocycles. The van der Waals surface area contributed by atoms with Crippen LogP contribution in [0.3, 0.4) is 0 Å². The minimum absolute atomic E-state index is 0.0606. The predicted octanol–water partition coefficient (Wildman–Crippen LogP) is 1.99. The molecule has 0 unspecified atom stereocenters. The lowest BCUT2D eigenvalue weighted by atomic mass is 10.1. The van der Waals surface area contributed by atoms with Crippen LogP contribution >= 0.6 is 0 Å². The number of amides is 1. The minimum Gasteiger partial charge on any atom is -0.445 e. The summed E-state index contributed by atoms with van der Waals surface area (Å²) in [5.74, 6) is -0.805. The highest BCUT2D eigenvalue weighted by Gasteiger charge is 2.28.